The van der Waals surface area contributed by atoms with Crippen molar-refractivity contribution in [1.29, 1.82) is 0 Å². The van der Waals surface area contributed by atoms with E-state index in [1.54, 1.807) is 12.1 Å². The Kier molecular flexibility index (Phi) is 2.37. The molecule has 1 aliphatic rings. The summed E-state index contributed by atoms with van der Waals surface area (Å²) in [4.78, 5) is 10.4. The van der Waals surface area contributed by atoms with E-state index in [4.69, 9.17) is 0 Å². The molecule has 0 saturated carbocycles. The summed E-state index contributed by atoms with van der Waals surface area (Å²) >= 11 is 0. The van der Waals surface area contributed by atoms with Crippen LogP contribution in [-0.4, -0.2) is 11.6 Å². The molecule has 2 aromatic rings. The average molecular weight is 241 g/mol. The third-order valence-corrected chi connectivity index (χ3v) is 2.97. The first kappa shape index (κ1) is 10.6. The van der Waals surface area contributed by atoms with Gasteiger partial charge in [0.1, 0.15) is 0 Å². The first-order chi connectivity index (χ1) is 8.74. The number of nitro benzene ring substituents is 1. The van der Waals surface area contributed by atoms with Gasteiger partial charge in [0.15, 0.2) is 0 Å². The van der Waals surface area contributed by atoms with E-state index in [9.17, 15) is 10.1 Å². The summed E-state index contributed by atoms with van der Waals surface area (Å²) in [5.41, 5.74) is 4.01. The lowest BCUT2D eigenvalue weighted by atomic mass is 10.0. The van der Waals surface area contributed by atoms with E-state index >= 15 is 0 Å². The molecule has 1 aliphatic heterocycles. The predicted molar refractivity (Wildman–Crippen MR) is 70.6 cm³/mol. The summed E-state index contributed by atoms with van der Waals surface area (Å²) in [6, 6.07) is 12.6. The van der Waals surface area contributed by atoms with Gasteiger partial charge in [-0.25, -0.2) is 0 Å². The number of benzene rings is 2. The maximum absolute atomic E-state index is 10.8. The maximum atomic E-state index is 10.8. The number of rotatable bonds is 2. The average Bonchev–Trinajstić information content (AvgIpc) is 2.86. The number of nitrogens with one attached hydrogen (secondary N) is 2. The summed E-state index contributed by atoms with van der Waals surface area (Å²) in [6.45, 7) is 0.716. The fourth-order valence-corrected chi connectivity index (χ4v) is 2.06. The van der Waals surface area contributed by atoms with E-state index in [2.05, 4.69) is 10.6 Å². The lowest BCUT2D eigenvalue weighted by molar-refractivity contribution is -0.384. The Labute approximate surface area is 104 Å². The lowest BCUT2D eigenvalue weighted by Crippen LogP contribution is -1.98. The molecule has 0 spiro atoms. The Balaban J connectivity index is 2.04. The van der Waals surface area contributed by atoms with Crippen LogP contribution < -0.4 is 10.6 Å². The Morgan fingerprint density at radius 3 is 2.61 bits per heavy atom. The minimum atomic E-state index is -0.378. The molecule has 90 valence electrons. The number of fused-ring (bicyclic) bond motifs is 1. The van der Waals surface area contributed by atoms with Crippen LogP contribution in [-0.2, 0) is 0 Å². The fraction of sp³-hybridized carbons (Fsp3) is 0.0769. The van der Waals surface area contributed by atoms with Gasteiger partial charge >= 0.3 is 0 Å². The zero-order valence-electron chi connectivity index (χ0n) is 9.51. The smallest absolute Gasteiger partial charge is 0.270 e. The molecule has 0 radical (unpaired) electrons. The summed E-state index contributed by atoms with van der Waals surface area (Å²) < 4.78 is 0. The second-order valence-electron chi connectivity index (χ2n) is 4.10. The van der Waals surface area contributed by atoms with Crippen molar-refractivity contribution in [2.75, 3.05) is 17.3 Å². The molecule has 0 aromatic heterocycles. The molecule has 5 heteroatoms. The third-order valence-electron chi connectivity index (χ3n) is 2.97. The van der Waals surface area contributed by atoms with E-state index in [0.29, 0.717) is 6.67 Å². The lowest BCUT2D eigenvalue weighted by Gasteiger charge is -2.04. The number of nitrogens with zero attached hydrogens (tertiary/aromatic N) is 1. The highest BCUT2D eigenvalue weighted by Gasteiger charge is 2.11. The van der Waals surface area contributed by atoms with Crippen molar-refractivity contribution in [2.24, 2.45) is 0 Å². The standard InChI is InChI=1S/C13H11N3O2/c17-16(18)11-3-1-2-9(6-11)10-4-5-12-13(7-10)15-8-14-12/h1-7,14-15H,8H2. The van der Waals surface area contributed by atoms with Crippen LogP contribution in [0, 0.1) is 10.1 Å². The zero-order chi connectivity index (χ0) is 12.5. The quantitative estimate of drug-likeness (QED) is 0.626. The molecule has 0 fully saturated rings. The first-order valence-corrected chi connectivity index (χ1v) is 5.61. The summed E-state index contributed by atoms with van der Waals surface area (Å²) in [5.74, 6) is 0. The molecule has 0 amide bonds. The highest BCUT2D eigenvalue weighted by molar-refractivity contribution is 5.80. The molecule has 0 unspecified atom stereocenters. The normalized spacial score (nSPS) is 12.4. The molecular weight excluding hydrogens is 230 g/mol. The highest BCUT2D eigenvalue weighted by atomic mass is 16.6. The Bertz CT molecular complexity index is 625. The molecular formula is C13H11N3O2. The Morgan fingerprint density at radius 1 is 1.00 bits per heavy atom. The molecule has 1 heterocycles. The Morgan fingerprint density at radius 2 is 1.78 bits per heavy atom. The largest absolute Gasteiger partial charge is 0.366 e. The number of nitro groups is 1. The molecule has 0 atom stereocenters. The van der Waals surface area contributed by atoms with Gasteiger partial charge in [-0.3, -0.25) is 10.1 Å². The third kappa shape index (κ3) is 1.75. The van der Waals surface area contributed by atoms with Gasteiger partial charge < -0.3 is 10.6 Å². The van der Waals surface area contributed by atoms with E-state index in [-0.39, 0.29) is 10.6 Å². The minimum Gasteiger partial charge on any atom is -0.366 e. The number of non-ortho nitro benzene ring substituents is 1. The fourth-order valence-electron chi connectivity index (χ4n) is 2.06. The molecule has 5 nitrogen and oxygen atoms in total. The maximum Gasteiger partial charge on any atom is 0.270 e. The van der Waals surface area contributed by atoms with Crippen LogP contribution in [0.15, 0.2) is 42.5 Å². The van der Waals surface area contributed by atoms with Gasteiger partial charge in [0.2, 0.25) is 0 Å². The number of anilines is 2. The first-order valence-electron chi connectivity index (χ1n) is 5.61. The van der Waals surface area contributed by atoms with E-state index in [1.165, 1.54) is 6.07 Å². The molecule has 18 heavy (non-hydrogen) atoms. The van der Waals surface area contributed by atoms with Gasteiger partial charge in [-0.15, -0.1) is 0 Å². The molecule has 0 bridgehead atoms. The van der Waals surface area contributed by atoms with Crippen molar-refractivity contribution in [1.82, 2.24) is 0 Å². The van der Waals surface area contributed by atoms with Crippen molar-refractivity contribution in [3.8, 4) is 11.1 Å². The van der Waals surface area contributed by atoms with Crippen molar-refractivity contribution in [2.45, 2.75) is 0 Å². The van der Waals surface area contributed by atoms with Crippen molar-refractivity contribution >= 4 is 17.1 Å². The molecule has 0 saturated heterocycles. The van der Waals surface area contributed by atoms with Crippen LogP contribution in [0.25, 0.3) is 11.1 Å². The number of hydrogen-bond donors (Lipinski definition) is 2. The van der Waals surface area contributed by atoms with E-state index < -0.39 is 0 Å². The monoisotopic (exact) mass is 241 g/mol. The van der Waals surface area contributed by atoms with Gasteiger partial charge in [-0.1, -0.05) is 18.2 Å². The number of hydrogen-bond acceptors (Lipinski definition) is 4. The van der Waals surface area contributed by atoms with Gasteiger partial charge in [0.25, 0.3) is 5.69 Å². The molecule has 2 N–H and O–H groups in total. The minimum absolute atomic E-state index is 0.110. The van der Waals surface area contributed by atoms with E-state index in [1.807, 2.05) is 24.3 Å². The van der Waals surface area contributed by atoms with Crippen LogP contribution in [0.1, 0.15) is 0 Å². The van der Waals surface area contributed by atoms with Crippen LogP contribution >= 0.6 is 0 Å². The summed E-state index contributed by atoms with van der Waals surface area (Å²) in [7, 11) is 0. The Hall–Kier alpha value is -2.56. The second kappa shape index (κ2) is 4.03. The van der Waals surface area contributed by atoms with Crippen LogP contribution in [0.3, 0.4) is 0 Å². The van der Waals surface area contributed by atoms with Crippen LogP contribution in [0.4, 0.5) is 17.1 Å². The predicted octanol–water partition coefficient (Wildman–Crippen LogP) is 3.06. The summed E-state index contributed by atoms with van der Waals surface area (Å²) in [6.07, 6.45) is 0. The highest BCUT2D eigenvalue weighted by Crippen LogP contribution is 2.32. The van der Waals surface area contributed by atoms with Crippen LogP contribution in [0.2, 0.25) is 0 Å². The van der Waals surface area contributed by atoms with Gasteiger partial charge in [0, 0.05) is 12.1 Å². The van der Waals surface area contributed by atoms with Crippen molar-refractivity contribution in [3.05, 3.63) is 52.6 Å². The molecule has 3 rings (SSSR count). The summed E-state index contributed by atoms with van der Waals surface area (Å²) in [5, 5.41) is 17.1. The molecule has 0 aliphatic carbocycles. The zero-order valence-corrected chi connectivity index (χ0v) is 9.51. The van der Waals surface area contributed by atoms with Gasteiger partial charge in [0.05, 0.1) is 23.0 Å². The molecule has 2 aromatic carbocycles. The van der Waals surface area contributed by atoms with Crippen molar-refractivity contribution in [3.63, 3.8) is 0 Å². The van der Waals surface area contributed by atoms with E-state index in [0.717, 1.165) is 22.5 Å². The van der Waals surface area contributed by atoms with Gasteiger partial charge in [-0.2, -0.15) is 0 Å². The van der Waals surface area contributed by atoms with Crippen molar-refractivity contribution < 1.29 is 4.92 Å². The SMILES string of the molecule is O=[N+]([O-])c1cccc(-c2ccc3c(c2)NCN3)c1. The topological polar surface area (TPSA) is 67.2 Å². The van der Waals surface area contributed by atoms with Gasteiger partial charge in [-0.05, 0) is 23.3 Å². The second-order valence-corrected chi connectivity index (χ2v) is 4.10. The van der Waals surface area contributed by atoms with Crippen LogP contribution in [0.5, 0.6) is 0 Å².